The standard InChI is InChI=1S/C11H14O6S.K.H/c1-3-17-11(12)7-8-4-5-10(18(13,14)15)9(6-8)16-2;;/h4-6H,3,7H2,1-2H3,(H,13,14,15);;. The average molecular weight is 314 g/mol. The normalized spacial score (nSPS) is 10.5. The molecule has 0 aliphatic carbocycles. The van der Waals surface area contributed by atoms with Gasteiger partial charge in [0.15, 0.2) is 0 Å². The van der Waals surface area contributed by atoms with E-state index in [1.165, 1.54) is 25.3 Å². The number of ether oxygens (including phenoxy) is 2. The van der Waals surface area contributed by atoms with Crippen LogP contribution in [0.1, 0.15) is 12.5 Å². The van der Waals surface area contributed by atoms with Gasteiger partial charge in [0.1, 0.15) is 10.6 Å². The molecule has 0 radical (unpaired) electrons. The first kappa shape index (κ1) is 19.0. The fourth-order valence-electron chi connectivity index (χ4n) is 1.41. The van der Waals surface area contributed by atoms with E-state index in [4.69, 9.17) is 14.0 Å². The van der Waals surface area contributed by atoms with Crippen molar-refractivity contribution < 1.29 is 27.2 Å². The summed E-state index contributed by atoms with van der Waals surface area (Å²) in [6, 6.07) is 3.98. The Morgan fingerprint density at radius 3 is 2.47 bits per heavy atom. The third-order valence-electron chi connectivity index (χ3n) is 2.16. The Labute approximate surface area is 154 Å². The number of hydrogen-bond donors (Lipinski definition) is 1. The zero-order valence-corrected chi connectivity index (χ0v) is 10.9. The molecule has 0 bridgehead atoms. The fraction of sp³-hybridized carbons (Fsp3) is 0.364. The minimum atomic E-state index is -4.34. The molecular formula is C11H15KO6S. The van der Waals surface area contributed by atoms with Crippen molar-refractivity contribution in [2.45, 2.75) is 18.2 Å². The zero-order chi connectivity index (χ0) is 13.8. The maximum absolute atomic E-state index is 11.3. The van der Waals surface area contributed by atoms with E-state index in [9.17, 15) is 13.2 Å². The molecular weight excluding hydrogens is 299 g/mol. The van der Waals surface area contributed by atoms with Crippen LogP contribution in [0.5, 0.6) is 5.75 Å². The molecule has 8 heteroatoms. The monoisotopic (exact) mass is 314 g/mol. The van der Waals surface area contributed by atoms with E-state index in [1.807, 2.05) is 0 Å². The van der Waals surface area contributed by atoms with Crippen LogP contribution in [0.4, 0.5) is 0 Å². The van der Waals surface area contributed by atoms with Gasteiger partial charge in [-0.25, -0.2) is 0 Å². The fourth-order valence-corrected chi connectivity index (χ4v) is 2.05. The first-order valence-corrected chi connectivity index (χ1v) is 6.62. The Balaban J connectivity index is 0.00000324. The molecule has 0 fully saturated rings. The number of benzene rings is 1. The van der Waals surface area contributed by atoms with Gasteiger partial charge in [0.05, 0.1) is 20.1 Å². The van der Waals surface area contributed by atoms with Crippen molar-refractivity contribution in [3.63, 3.8) is 0 Å². The summed E-state index contributed by atoms with van der Waals surface area (Å²) in [6.45, 7) is 1.97. The zero-order valence-electron chi connectivity index (χ0n) is 10.0. The topological polar surface area (TPSA) is 89.9 Å². The molecule has 0 saturated heterocycles. The maximum atomic E-state index is 11.3. The molecule has 0 aliphatic heterocycles. The van der Waals surface area contributed by atoms with E-state index in [1.54, 1.807) is 6.92 Å². The van der Waals surface area contributed by atoms with Crippen molar-refractivity contribution in [2.24, 2.45) is 0 Å². The van der Waals surface area contributed by atoms with Gasteiger partial charge in [-0.15, -0.1) is 0 Å². The van der Waals surface area contributed by atoms with E-state index in [-0.39, 0.29) is 75.1 Å². The molecule has 1 rings (SSSR count). The third kappa shape index (κ3) is 5.90. The van der Waals surface area contributed by atoms with Crippen LogP contribution in [0.3, 0.4) is 0 Å². The Hall–Kier alpha value is 0.0364. The Morgan fingerprint density at radius 1 is 1.37 bits per heavy atom. The van der Waals surface area contributed by atoms with Crippen molar-refractivity contribution in [1.29, 1.82) is 0 Å². The van der Waals surface area contributed by atoms with E-state index in [0.717, 1.165) is 0 Å². The van der Waals surface area contributed by atoms with Gasteiger partial charge in [0.2, 0.25) is 0 Å². The number of methoxy groups -OCH3 is 1. The molecule has 1 aromatic rings. The molecule has 102 valence electrons. The molecule has 0 amide bonds. The molecule has 0 spiro atoms. The van der Waals surface area contributed by atoms with Gasteiger partial charge in [-0.2, -0.15) is 8.42 Å². The van der Waals surface area contributed by atoms with Crippen LogP contribution < -0.4 is 4.74 Å². The Morgan fingerprint density at radius 2 is 2.00 bits per heavy atom. The van der Waals surface area contributed by atoms with E-state index in [0.29, 0.717) is 5.56 Å². The molecule has 1 aromatic carbocycles. The molecule has 0 aromatic heterocycles. The molecule has 19 heavy (non-hydrogen) atoms. The van der Waals surface area contributed by atoms with Crippen LogP contribution in [0, 0.1) is 0 Å². The molecule has 6 nitrogen and oxygen atoms in total. The Kier molecular flexibility index (Phi) is 8.37. The summed E-state index contributed by atoms with van der Waals surface area (Å²) < 4.78 is 40.7. The molecule has 0 atom stereocenters. The number of carbonyl (C=O) groups is 1. The summed E-state index contributed by atoms with van der Waals surface area (Å²) in [6.07, 6.45) is 0.00988. The third-order valence-corrected chi connectivity index (χ3v) is 3.05. The number of rotatable bonds is 5. The van der Waals surface area contributed by atoms with Crippen LogP contribution in [0.15, 0.2) is 23.1 Å². The van der Waals surface area contributed by atoms with E-state index >= 15 is 0 Å². The van der Waals surface area contributed by atoms with Crippen molar-refractivity contribution >= 4 is 67.5 Å². The van der Waals surface area contributed by atoms with Crippen LogP contribution in [0.25, 0.3) is 0 Å². The second-order valence-electron chi connectivity index (χ2n) is 3.44. The van der Waals surface area contributed by atoms with Crippen LogP contribution in [-0.4, -0.2) is 84.0 Å². The number of esters is 1. The van der Waals surface area contributed by atoms with Crippen molar-refractivity contribution in [2.75, 3.05) is 13.7 Å². The van der Waals surface area contributed by atoms with Crippen molar-refractivity contribution in [3.05, 3.63) is 23.8 Å². The summed E-state index contributed by atoms with van der Waals surface area (Å²) in [7, 11) is -3.07. The Bertz CT molecular complexity index is 540. The van der Waals surface area contributed by atoms with Gasteiger partial charge < -0.3 is 9.47 Å². The molecule has 0 heterocycles. The summed E-state index contributed by atoms with van der Waals surface area (Å²) in [5, 5.41) is 0. The second kappa shape index (κ2) is 8.35. The first-order valence-electron chi connectivity index (χ1n) is 5.18. The van der Waals surface area contributed by atoms with E-state index in [2.05, 4.69) is 0 Å². The molecule has 1 N–H and O–H groups in total. The van der Waals surface area contributed by atoms with Crippen LogP contribution in [0.2, 0.25) is 0 Å². The SMILES string of the molecule is CCOC(=O)Cc1ccc(S(=O)(=O)O)c(OC)c1.[KH]. The summed E-state index contributed by atoms with van der Waals surface area (Å²) in [4.78, 5) is 10.9. The molecule has 0 aliphatic rings. The average Bonchev–Trinajstić information content (AvgIpc) is 2.27. The van der Waals surface area contributed by atoms with Gasteiger partial charge in [-0.05, 0) is 24.6 Å². The van der Waals surface area contributed by atoms with Gasteiger partial charge >= 0.3 is 57.4 Å². The van der Waals surface area contributed by atoms with Gasteiger partial charge in [-0.3, -0.25) is 9.35 Å². The quantitative estimate of drug-likeness (QED) is 0.481. The minimum absolute atomic E-state index is 0. The van der Waals surface area contributed by atoms with Crippen molar-refractivity contribution in [1.82, 2.24) is 0 Å². The second-order valence-corrected chi connectivity index (χ2v) is 4.83. The van der Waals surface area contributed by atoms with Crippen molar-refractivity contribution in [3.8, 4) is 5.75 Å². The summed E-state index contributed by atoms with van der Waals surface area (Å²) in [5.41, 5.74) is 0.540. The molecule has 0 unspecified atom stereocenters. The van der Waals surface area contributed by atoms with Crippen LogP contribution in [-0.2, 0) is 26.1 Å². The predicted molar refractivity (Wildman–Crippen MR) is 70.3 cm³/mol. The van der Waals surface area contributed by atoms with Gasteiger partial charge in [0.25, 0.3) is 10.1 Å². The summed E-state index contributed by atoms with van der Waals surface area (Å²) >= 11 is 0. The summed E-state index contributed by atoms with van der Waals surface area (Å²) in [5.74, 6) is -0.432. The first-order chi connectivity index (χ1) is 8.38. The number of hydrogen-bond acceptors (Lipinski definition) is 5. The number of carbonyl (C=O) groups excluding carboxylic acids is 1. The predicted octanol–water partition coefficient (Wildman–Crippen LogP) is 0.399. The van der Waals surface area contributed by atoms with Gasteiger partial charge in [0, 0.05) is 0 Å². The van der Waals surface area contributed by atoms with E-state index < -0.39 is 16.1 Å². The van der Waals surface area contributed by atoms with Crippen LogP contribution >= 0.6 is 0 Å². The molecule has 0 saturated carbocycles. The van der Waals surface area contributed by atoms with Gasteiger partial charge in [-0.1, -0.05) is 6.07 Å².